The first-order chi connectivity index (χ1) is 15.7. The number of ether oxygens (including phenoxy) is 3. The molecule has 7 heteroatoms. The van der Waals surface area contributed by atoms with Crippen LogP contribution < -0.4 is 19.5 Å². The van der Waals surface area contributed by atoms with Crippen molar-refractivity contribution in [2.45, 2.75) is 19.6 Å². The van der Waals surface area contributed by atoms with Gasteiger partial charge in [-0.2, -0.15) is 0 Å². The standard InChI is InChI=1S/C25H22N2O5/c1-17(18-5-4-6-19(13-18)27-11-2-3-12-27)26-25(28)23-10-8-21(32-23)15-29-20-7-9-22-24(14-20)31-16-30-22/h2-14,17H,15-16H2,1H3,(H,26,28). The summed E-state index contributed by atoms with van der Waals surface area (Å²) in [5.74, 6) is 2.49. The molecule has 4 aromatic rings. The van der Waals surface area contributed by atoms with Gasteiger partial charge in [0, 0.05) is 24.1 Å². The number of amides is 1. The van der Waals surface area contributed by atoms with Crippen molar-refractivity contribution >= 4 is 5.91 Å². The molecule has 3 heterocycles. The van der Waals surface area contributed by atoms with Crippen molar-refractivity contribution in [1.29, 1.82) is 0 Å². The first-order valence-electron chi connectivity index (χ1n) is 10.3. The average Bonchev–Trinajstić information content (AvgIpc) is 3.59. The molecule has 0 spiro atoms. The number of nitrogens with zero attached hydrogens (tertiary/aromatic N) is 1. The van der Waals surface area contributed by atoms with Crippen molar-refractivity contribution in [3.05, 3.63) is 96.2 Å². The predicted octanol–water partition coefficient (Wildman–Crippen LogP) is 4.87. The highest BCUT2D eigenvalue weighted by Gasteiger charge is 2.17. The fraction of sp³-hybridized carbons (Fsp3) is 0.160. The maximum atomic E-state index is 12.7. The molecular weight excluding hydrogens is 408 g/mol. The summed E-state index contributed by atoms with van der Waals surface area (Å²) in [6, 6.07) is 20.6. The van der Waals surface area contributed by atoms with Crippen LogP contribution in [-0.4, -0.2) is 17.3 Å². The highest BCUT2D eigenvalue weighted by Crippen LogP contribution is 2.35. The van der Waals surface area contributed by atoms with Gasteiger partial charge in [0.05, 0.1) is 6.04 Å². The minimum absolute atomic E-state index is 0.184. The molecule has 0 bridgehead atoms. The molecule has 1 atom stereocenters. The number of furan rings is 1. The Kier molecular flexibility index (Phi) is 5.29. The van der Waals surface area contributed by atoms with E-state index in [-0.39, 0.29) is 31.1 Å². The van der Waals surface area contributed by atoms with E-state index < -0.39 is 0 Å². The van der Waals surface area contributed by atoms with Crippen LogP contribution in [0.3, 0.4) is 0 Å². The molecule has 1 amide bonds. The Labute approximate surface area is 185 Å². The van der Waals surface area contributed by atoms with Crippen LogP contribution in [0.4, 0.5) is 0 Å². The van der Waals surface area contributed by atoms with Crippen molar-refractivity contribution in [3.8, 4) is 22.9 Å². The first-order valence-corrected chi connectivity index (χ1v) is 10.3. The van der Waals surface area contributed by atoms with Gasteiger partial charge in [-0.05, 0) is 61.0 Å². The lowest BCUT2D eigenvalue weighted by molar-refractivity contribution is 0.0907. The third-order valence-electron chi connectivity index (χ3n) is 5.23. The van der Waals surface area contributed by atoms with Crippen LogP contribution >= 0.6 is 0 Å². The second-order valence-corrected chi connectivity index (χ2v) is 7.45. The number of rotatable bonds is 7. The van der Waals surface area contributed by atoms with E-state index in [0.717, 1.165) is 11.3 Å². The fourth-order valence-corrected chi connectivity index (χ4v) is 3.51. The summed E-state index contributed by atoms with van der Waals surface area (Å²) in [5, 5.41) is 2.99. The molecule has 1 aliphatic heterocycles. The summed E-state index contributed by atoms with van der Waals surface area (Å²) in [5.41, 5.74) is 2.04. The number of hydrogen-bond donors (Lipinski definition) is 1. The van der Waals surface area contributed by atoms with E-state index in [9.17, 15) is 4.79 Å². The Morgan fingerprint density at radius 1 is 1.03 bits per heavy atom. The zero-order valence-electron chi connectivity index (χ0n) is 17.5. The molecule has 0 radical (unpaired) electrons. The Morgan fingerprint density at radius 2 is 1.88 bits per heavy atom. The number of carbonyl (C=O) groups excluding carboxylic acids is 1. The number of fused-ring (bicyclic) bond motifs is 1. The summed E-state index contributed by atoms with van der Waals surface area (Å²) in [7, 11) is 0. The van der Waals surface area contributed by atoms with Crippen molar-refractivity contribution in [2.75, 3.05) is 6.79 Å². The molecule has 1 aliphatic rings. The monoisotopic (exact) mass is 430 g/mol. The lowest BCUT2D eigenvalue weighted by Crippen LogP contribution is -2.26. The smallest absolute Gasteiger partial charge is 0.287 e. The van der Waals surface area contributed by atoms with E-state index in [1.54, 1.807) is 30.3 Å². The summed E-state index contributed by atoms with van der Waals surface area (Å²) in [6.45, 7) is 2.35. The lowest BCUT2D eigenvalue weighted by atomic mass is 10.1. The van der Waals surface area contributed by atoms with E-state index in [4.69, 9.17) is 18.6 Å². The largest absolute Gasteiger partial charge is 0.486 e. The van der Waals surface area contributed by atoms with E-state index in [1.165, 1.54) is 0 Å². The van der Waals surface area contributed by atoms with Crippen molar-refractivity contribution < 1.29 is 23.4 Å². The third-order valence-corrected chi connectivity index (χ3v) is 5.23. The lowest BCUT2D eigenvalue weighted by Gasteiger charge is -2.15. The highest BCUT2D eigenvalue weighted by molar-refractivity contribution is 5.91. The van der Waals surface area contributed by atoms with Gasteiger partial charge in [-0.3, -0.25) is 4.79 Å². The van der Waals surface area contributed by atoms with Gasteiger partial charge in [0.15, 0.2) is 17.3 Å². The molecule has 5 rings (SSSR count). The van der Waals surface area contributed by atoms with Crippen LogP contribution in [0.15, 0.2) is 83.5 Å². The SMILES string of the molecule is CC(NC(=O)c1ccc(COc2ccc3c(c2)OCO3)o1)c1cccc(-n2cccc2)c1. The number of benzene rings is 2. The number of aromatic nitrogens is 1. The van der Waals surface area contributed by atoms with Crippen LogP contribution in [0.2, 0.25) is 0 Å². The maximum absolute atomic E-state index is 12.7. The van der Waals surface area contributed by atoms with Crippen LogP contribution in [0.25, 0.3) is 5.69 Å². The fourth-order valence-electron chi connectivity index (χ4n) is 3.51. The maximum Gasteiger partial charge on any atom is 0.287 e. The van der Waals surface area contributed by atoms with Crippen LogP contribution in [0.5, 0.6) is 17.2 Å². The van der Waals surface area contributed by atoms with Crippen molar-refractivity contribution in [3.63, 3.8) is 0 Å². The van der Waals surface area contributed by atoms with Gasteiger partial charge in [0.2, 0.25) is 6.79 Å². The van der Waals surface area contributed by atoms with E-state index in [2.05, 4.69) is 11.4 Å². The molecular formula is C25H22N2O5. The Bertz CT molecular complexity index is 1230. The zero-order valence-corrected chi connectivity index (χ0v) is 17.5. The van der Waals surface area contributed by atoms with Gasteiger partial charge in [-0.15, -0.1) is 0 Å². The van der Waals surface area contributed by atoms with Crippen molar-refractivity contribution in [2.24, 2.45) is 0 Å². The Balaban J connectivity index is 1.20. The van der Waals surface area contributed by atoms with Crippen LogP contribution in [0, 0.1) is 0 Å². The summed E-state index contributed by atoms with van der Waals surface area (Å²) < 4.78 is 24.1. The van der Waals surface area contributed by atoms with Gasteiger partial charge in [0.25, 0.3) is 5.91 Å². The molecule has 2 aromatic carbocycles. The Hall–Kier alpha value is -4.13. The number of carbonyl (C=O) groups is 1. The normalized spacial score (nSPS) is 13.0. The van der Waals surface area contributed by atoms with Crippen LogP contribution in [0.1, 0.15) is 34.8 Å². The second-order valence-electron chi connectivity index (χ2n) is 7.45. The molecule has 162 valence electrons. The van der Waals surface area contributed by atoms with Gasteiger partial charge in [-0.1, -0.05) is 12.1 Å². The van der Waals surface area contributed by atoms with E-state index in [1.807, 2.05) is 54.2 Å². The molecule has 7 nitrogen and oxygen atoms in total. The molecule has 0 saturated carbocycles. The first kappa shape index (κ1) is 19.8. The summed E-state index contributed by atoms with van der Waals surface area (Å²) in [6.07, 6.45) is 3.97. The molecule has 1 unspecified atom stereocenters. The minimum atomic E-state index is -0.279. The number of nitrogens with one attached hydrogen (secondary N) is 1. The van der Waals surface area contributed by atoms with E-state index >= 15 is 0 Å². The summed E-state index contributed by atoms with van der Waals surface area (Å²) in [4.78, 5) is 12.7. The van der Waals surface area contributed by atoms with Crippen molar-refractivity contribution in [1.82, 2.24) is 9.88 Å². The van der Waals surface area contributed by atoms with Gasteiger partial charge < -0.3 is 28.5 Å². The van der Waals surface area contributed by atoms with Gasteiger partial charge in [0.1, 0.15) is 18.1 Å². The van der Waals surface area contributed by atoms with Crippen LogP contribution in [-0.2, 0) is 6.61 Å². The summed E-state index contributed by atoms with van der Waals surface area (Å²) >= 11 is 0. The van der Waals surface area contributed by atoms with E-state index in [0.29, 0.717) is 23.0 Å². The quantitative estimate of drug-likeness (QED) is 0.453. The third kappa shape index (κ3) is 4.18. The molecule has 32 heavy (non-hydrogen) atoms. The molecule has 2 aromatic heterocycles. The topological polar surface area (TPSA) is 74.9 Å². The molecule has 0 aliphatic carbocycles. The second kappa shape index (κ2) is 8.55. The zero-order chi connectivity index (χ0) is 21.9. The minimum Gasteiger partial charge on any atom is -0.486 e. The highest BCUT2D eigenvalue weighted by atomic mass is 16.7. The Morgan fingerprint density at radius 3 is 2.75 bits per heavy atom. The number of hydrogen-bond acceptors (Lipinski definition) is 5. The van der Waals surface area contributed by atoms with Gasteiger partial charge in [-0.25, -0.2) is 0 Å². The van der Waals surface area contributed by atoms with Gasteiger partial charge >= 0.3 is 0 Å². The predicted molar refractivity (Wildman–Crippen MR) is 117 cm³/mol. The average molecular weight is 430 g/mol. The molecule has 1 N–H and O–H groups in total. The molecule has 0 saturated heterocycles. The molecule has 0 fully saturated rings.